The number of H-pyrrole nitrogens is 1. The number of nitrogens with one attached hydrogen (secondary N) is 2. The van der Waals surface area contributed by atoms with Gasteiger partial charge in [0.2, 0.25) is 0 Å². The Bertz CT molecular complexity index is 840. The van der Waals surface area contributed by atoms with Crippen LogP contribution in [-0.2, 0) is 0 Å². The van der Waals surface area contributed by atoms with Crippen molar-refractivity contribution in [1.82, 2.24) is 25.1 Å². The predicted molar refractivity (Wildman–Crippen MR) is 90.3 cm³/mol. The molecule has 0 spiro atoms. The third kappa shape index (κ3) is 3.17. The number of aromatic nitrogens is 4. The average Bonchev–Trinajstić information content (AvgIpc) is 3.08. The average molecular weight is 311 g/mol. The van der Waals surface area contributed by atoms with Gasteiger partial charge in [-0.15, -0.1) is 0 Å². The van der Waals surface area contributed by atoms with E-state index >= 15 is 0 Å². The molecule has 3 rings (SSSR count). The lowest BCUT2D eigenvalue weighted by atomic mass is 10.1. The zero-order valence-corrected chi connectivity index (χ0v) is 13.5. The summed E-state index contributed by atoms with van der Waals surface area (Å²) in [6.07, 6.45) is 3.72. The highest BCUT2D eigenvalue weighted by molar-refractivity contribution is 5.77. The van der Waals surface area contributed by atoms with Gasteiger partial charge in [0.25, 0.3) is 5.56 Å². The van der Waals surface area contributed by atoms with Gasteiger partial charge in [-0.25, -0.2) is 4.98 Å². The second-order valence-electron chi connectivity index (χ2n) is 5.87. The van der Waals surface area contributed by atoms with Crippen molar-refractivity contribution in [3.05, 3.63) is 58.9 Å². The minimum Gasteiger partial charge on any atom is -0.309 e. The summed E-state index contributed by atoms with van der Waals surface area (Å²) in [5, 5.41) is 8.37. The van der Waals surface area contributed by atoms with Crippen LogP contribution in [0.25, 0.3) is 10.9 Å². The Hall–Kier alpha value is -2.47. The molecule has 1 aromatic carbocycles. The molecular weight excluding hydrogens is 290 g/mol. The first-order valence-electron chi connectivity index (χ1n) is 7.80. The van der Waals surface area contributed by atoms with Crippen LogP contribution in [0.4, 0.5) is 0 Å². The van der Waals surface area contributed by atoms with E-state index in [2.05, 4.69) is 34.2 Å². The van der Waals surface area contributed by atoms with Gasteiger partial charge in [0.1, 0.15) is 5.82 Å². The van der Waals surface area contributed by atoms with Gasteiger partial charge in [-0.2, -0.15) is 5.10 Å². The summed E-state index contributed by atoms with van der Waals surface area (Å²) in [7, 11) is 0. The Morgan fingerprint density at radius 1 is 1.17 bits per heavy atom. The van der Waals surface area contributed by atoms with Crippen LogP contribution in [0.2, 0.25) is 0 Å². The van der Waals surface area contributed by atoms with Crippen LogP contribution in [0, 0.1) is 0 Å². The molecule has 0 saturated carbocycles. The molecule has 6 heteroatoms. The van der Waals surface area contributed by atoms with E-state index in [0.29, 0.717) is 16.7 Å². The van der Waals surface area contributed by atoms with E-state index in [1.54, 1.807) is 12.3 Å². The summed E-state index contributed by atoms with van der Waals surface area (Å²) >= 11 is 0. The molecule has 0 radical (unpaired) electrons. The van der Waals surface area contributed by atoms with Crippen LogP contribution in [0.1, 0.15) is 38.7 Å². The molecule has 2 aromatic heterocycles. The Morgan fingerprint density at radius 3 is 2.70 bits per heavy atom. The van der Waals surface area contributed by atoms with E-state index in [1.807, 2.05) is 42.1 Å². The highest BCUT2D eigenvalue weighted by Gasteiger charge is 2.18. The first-order chi connectivity index (χ1) is 11.1. The fourth-order valence-corrected chi connectivity index (χ4v) is 2.67. The second-order valence-corrected chi connectivity index (χ2v) is 5.87. The zero-order chi connectivity index (χ0) is 16.4. The van der Waals surface area contributed by atoms with Crippen LogP contribution in [0.5, 0.6) is 0 Å². The number of aromatic amines is 1. The number of benzene rings is 1. The van der Waals surface area contributed by atoms with Gasteiger partial charge in [-0.1, -0.05) is 12.1 Å². The number of fused-ring (bicyclic) bond motifs is 1. The van der Waals surface area contributed by atoms with Crippen LogP contribution < -0.4 is 10.9 Å². The summed E-state index contributed by atoms with van der Waals surface area (Å²) < 4.78 is 1.92. The van der Waals surface area contributed by atoms with E-state index in [-0.39, 0.29) is 23.7 Å². The number of para-hydroxylation sites is 1. The fourth-order valence-electron chi connectivity index (χ4n) is 2.67. The lowest BCUT2D eigenvalue weighted by molar-refractivity contribution is 0.337. The van der Waals surface area contributed by atoms with Gasteiger partial charge < -0.3 is 10.3 Å². The molecule has 0 amide bonds. The van der Waals surface area contributed by atoms with Crippen molar-refractivity contribution in [3.8, 4) is 0 Å². The Labute approximate surface area is 134 Å². The second kappa shape index (κ2) is 6.34. The van der Waals surface area contributed by atoms with Gasteiger partial charge in [0, 0.05) is 18.4 Å². The van der Waals surface area contributed by atoms with Crippen LogP contribution in [0.3, 0.4) is 0 Å². The first kappa shape index (κ1) is 15.4. The normalized spacial score (nSPS) is 15.4. The maximum atomic E-state index is 12.2. The van der Waals surface area contributed by atoms with Crippen molar-refractivity contribution < 1.29 is 0 Å². The summed E-state index contributed by atoms with van der Waals surface area (Å²) in [6, 6.07) is 9.58. The molecule has 3 atom stereocenters. The first-order valence-corrected chi connectivity index (χ1v) is 7.80. The van der Waals surface area contributed by atoms with Gasteiger partial charge in [0.05, 0.1) is 23.0 Å². The summed E-state index contributed by atoms with van der Waals surface area (Å²) in [4.78, 5) is 19.6. The minimum atomic E-state index is -0.105. The third-order valence-corrected chi connectivity index (χ3v) is 4.22. The Kier molecular flexibility index (Phi) is 4.25. The molecule has 0 fully saturated rings. The number of hydrogen-bond donors (Lipinski definition) is 2. The quantitative estimate of drug-likeness (QED) is 0.759. The summed E-state index contributed by atoms with van der Waals surface area (Å²) in [5.74, 6) is 0.646. The van der Waals surface area contributed by atoms with Crippen molar-refractivity contribution >= 4 is 10.9 Å². The Morgan fingerprint density at radius 2 is 1.96 bits per heavy atom. The lowest BCUT2D eigenvalue weighted by Crippen LogP contribution is -2.36. The fraction of sp³-hybridized carbons (Fsp3) is 0.353. The van der Waals surface area contributed by atoms with Gasteiger partial charge >= 0.3 is 0 Å². The molecule has 0 aliphatic rings. The third-order valence-electron chi connectivity index (χ3n) is 4.22. The molecule has 0 bridgehead atoms. The number of nitrogens with zero attached hydrogens (tertiary/aromatic N) is 3. The number of hydrogen-bond acceptors (Lipinski definition) is 4. The monoisotopic (exact) mass is 311 g/mol. The summed E-state index contributed by atoms with van der Waals surface area (Å²) in [6.45, 7) is 6.20. The largest absolute Gasteiger partial charge is 0.309 e. The van der Waals surface area contributed by atoms with Gasteiger partial charge in [0.15, 0.2) is 0 Å². The van der Waals surface area contributed by atoms with E-state index < -0.39 is 0 Å². The van der Waals surface area contributed by atoms with Crippen molar-refractivity contribution in [2.24, 2.45) is 0 Å². The molecule has 23 heavy (non-hydrogen) atoms. The Balaban J connectivity index is 1.80. The molecule has 0 aliphatic carbocycles. The molecule has 2 heterocycles. The highest BCUT2D eigenvalue weighted by atomic mass is 16.1. The van der Waals surface area contributed by atoms with E-state index in [0.717, 1.165) is 0 Å². The van der Waals surface area contributed by atoms with E-state index in [9.17, 15) is 4.79 Å². The highest BCUT2D eigenvalue weighted by Crippen LogP contribution is 2.15. The van der Waals surface area contributed by atoms with Crippen molar-refractivity contribution in [2.75, 3.05) is 0 Å². The maximum Gasteiger partial charge on any atom is 0.258 e. The van der Waals surface area contributed by atoms with Crippen LogP contribution >= 0.6 is 0 Å². The predicted octanol–water partition coefficient (Wildman–Crippen LogP) is 2.42. The topological polar surface area (TPSA) is 75.6 Å². The van der Waals surface area contributed by atoms with Gasteiger partial charge in [-0.3, -0.25) is 9.48 Å². The lowest BCUT2D eigenvalue weighted by Gasteiger charge is -2.25. The molecule has 120 valence electrons. The van der Waals surface area contributed by atoms with Gasteiger partial charge in [-0.05, 0) is 39.0 Å². The van der Waals surface area contributed by atoms with Crippen molar-refractivity contribution in [3.63, 3.8) is 0 Å². The van der Waals surface area contributed by atoms with Crippen molar-refractivity contribution in [1.29, 1.82) is 0 Å². The molecule has 0 saturated heterocycles. The smallest absolute Gasteiger partial charge is 0.258 e. The van der Waals surface area contributed by atoms with Crippen LogP contribution in [0.15, 0.2) is 47.5 Å². The zero-order valence-electron chi connectivity index (χ0n) is 13.5. The molecular formula is C17H21N5O. The minimum absolute atomic E-state index is 0.0691. The maximum absolute atomic E-state index is 12.2. The molecule has 0 unspecified atom stereocenters. The molecule has 2 N–H and O–H groups in total. The molecule has 6 nitrogen and oxygen atoms in total. The van der Waals surface area contributed by atoms with E-state index in [1.165, 1.54) is 0 Å². The van der Waals surface area contributed by atoms with Crippen molar-refractivity contribution in [2.45, 2.75) is 38.9 Å². The summed E-state index contributed by atoms with van der Waals surface area (Å²) in [5.41, 5.74) is 0.611. The molecule has 0 aliphatic heterocycles. The molecule has 3 aromatic rings. The SMILES string of the molecule is C[C@H](N[C@@H](C)[C@@H](C)n1cccn1)c1nc2ccccc2c(=O)[nH]1. The number of rotatable bonds is 5. The van der Waals surface area contributed by atoms with Crippen LogP contribution in [-0.4, -0.2) is 25.8 Å². The van der Waals surface area contributed by atoms with E-state index in [4.69, 9.17) is 0 Å². The standard InChI is InChI=1S/C17H21N5O/c1-11(13(3)22-10-6-9-18-22)19-12(2)16-20-15-8-5-4-7-14(15)17(23)21-16/h4-13,19H,1-3H3,(H,20,21,23)/t11-,12-,13+/m0/s1.